The van der Waals surface area contributed by atoms with Gasteiger partial charge in [-0.25, -0.2) is 9.59 Å². The van der Waals surface area contributed by atoms with Gasteiger partial charge in [0.25, 0.3) is 0 Å². The van der Waals surface area contributed by atoms with Gasteiger partial charge in [-0.05, 0) is 30.5 Å². The number of carbonyl (C=O) groups is 3. The van der Waals surface area contributed by atoms with E-state index < -0.39 is 11.9 Å². The van der Waals surface area contributed by atoms with Crippen LogP contribution in [-0.4, -0.2) is 54.7 Å². The van der Waals surface area contributed by atoms with Crippen molar-refractivity contribution in [2.24, 2.45) is 5.92 Å². The molecule has 7 heteroatoms. The number of nitrogens with zero attached hydrogens (tertiary/aromatic N) is 1. The molecule has 1 atom stereocenters. The van der Waals surface area contributed by atoms with Crippen LogP contribution in [0.1, 0.15) is 22.3 Å². The number of amides is 2. The molecule has 1 saturated heterocycles. The lowest BCUT2D eigenvalue weighted by atomic mass is 10.1. The summed E-state index contributed by atoms with van der Waals surface area (Å²) in [5, 5.41) is 11.7. The Bertz CT molecular complexity index is 585. The lowest BCUT2D eigenvalue weighted by Gasteiger charge is -2.16. The number of nitrogens with one attached hydrogen (secondary N) is 1. The standard InChI is InChI=1S/C16H20N2O5/c1-23-15(21)12-4-2-11(3-5-12)6-8-17-16(22)18-9-7-13(10-18)14(19)20/h2-5,13H,6-10H2,1H3,(H,17,22)(H,19,20). The fourth-order valence-electron chi connectivity index (χ4n) is 2.50. The average molecular weight is 320 g/mol. The van der Waals surface area contributed by atoms with Crippen LogP contribution < -0.4 is 5.32 Å². The topological polar surface area (TPSA) is 95.9 Å². The Morgan fingerprint density at radius 2 is 2.00 bits per heavy atom. The zero-order valence-electron chi connectivity index (χ0n) is 12.9. The van der Waals surface area contributed by atoms with Crippen molar-refractivity contribution in [2.45, 2.75) is 12.8 Å². The van der Waals surface area contributed by atoms with Crippen LogP contribution in [0.2, 0.25) is 0 Å². The van der Waals surface area contributed by atoms with Crippen molar-refractivity contribution in [3.8, 4) is 0 Å². The fourth-order valence-corrected chi connectivity index (χ4v) is 2.50. The highest BCUT2D eigenvalue weighted by atomic mass is 16.5. The van der Waals surface area contributed by atoms with Crippen LogP contribution in [0, 0.1) is 5.92 Å². The normalized spacial score (nSPS) is 16.9. The van der Waals surface area contributed by atoms with E-state index in [2.05, 4.69) is 10.1 Å². The summed E-state index contributed by atoms with van der Waals surface area (Å²) >= 11 is 0. The molecule has 1 unspecified atom stereocenters. The predicted octanol–water partition coefficient (Wildman–Crippen LogP) is 1.13. The smallest absolute Gasteiger partial charge is 0.337 e. The van der Waals surface area contributed by atoms with Gasteiger partial charge in [0.05, 0.1) is 18.6 Å². The molecule has 1 heterocycles. The van der Waals surface area contributed by atoms with E-state index in [1.54, 1.807) is 12.1 Å². The van der Waals surface area contributed by atoms with Gasteiger partial charge in [0.2, 0.25) is 0 Å². The number of esters is 1. The van der Waals surface area contributed by atoms with Gasteiger partial charge in [0, 0.05) is 19.6 Å². The van der Waals surface area contributed by atoms with Gasteiger partial charge in [-0.1, -0.05) is 12.1 Å². The second-order valence-corrected chi connectivity index (χ2v) is 5.44. The molecule has 1 aromatic rings. The molecule has 1 aromatic carbocycles. The molecular weight excluding hydrogens is 300 g/mol. The van der Waals surface area contributed by atoms with Crippen LogP contribution in [0.25, 0.3) is 0 Å². The highest BCUT2D eigenvalue weighted by Crippen LogP contribution is 2.16. The second kappa shape index (κ2) is 7.62. The molecule has 1 aliphatic rings. The number of ether oxygens (including phenoxy) is 1. The third-order valence-corrected chi connectivity index (χ3v) is 3.89. The number of hydrogen-bond donors (Lipinski definition) is 2. The summed E-state index contributed by atoms with van der Waals surface area (Å²) in [6.45, 7) is 1.18. The molecular formula is C16H20N2O5. The Labute approximate surface area is 134 Å². The van der Waals surface area contributed by atoms with Crippen LogP contribution in [-0.2, 0) is 16.0 Å². The summed E-state index contributed by atoms with van der Waals surface area (Å²) in [5.74, 6) is -1.70. The molecule has 2 rings (SSSR count). The number of rotatable bonds is 5. The van der Waals surface area contributed by atoms with Gasteiger partial charge >= 0.3 is 18.0 Å². The van der Waals surface area contributed by atoms with E-state index in [1.807, 2.05) is 12.1 Å². The van der Waals surface area contributed by atoms with Gasteiger partial charge in [-0.3, -0.25) is 4.79 Å². The van der Waals surface area contributed by atoms with Crippen LogP contribution in [0.5, 0.6) is 0 Å². The summed E-state index contributed by atoms with van der Waals surface area (Å²) in [4.78, 5) is 35.7. The summed E-state index contributed by atoms with van der Waals surface area (Å²) in [5.41, 5.74) is 1.47. The summed E-state index contributed by atoms with van der Waals surface area (Å²) in [7, 11) is 1.33. The Morgan fingerprint density at radius 1 is 1.30 bits per heavy atom. The van der Waals surface area contributed by atoms with Gasteiger partial charge in [0.1, 0.15) is 0 Å². The molecule has 0 saturated carbocycles. The second-order valence-electron chi connectivity index (χ2n) is 5.44. The van der Waals surface area contributed by atoms with Gasteiger partial charge in [-0.15, -0.1) is 0 Å². The Hall–Kier alpha value is -2.57. The summed E-state index contributed by atoms with van der Waals surface area (Å²) in [6.07, 6.45) is 1.13. The van der Waals surface area contributed by atoms with Gasteiger partial charge in [0.15, 0.2) is 0 Å². The summed E-state index contributed by atoms with van der Waals surface area (Å²) in [6, 6.07) is 6.76. The molecule has 0 bridgehead atoms. The van der Waals surface area contributed by atoms with Crippen molar-refractivity contribution in [3.05, 3.63) is 35.4 Å². The van der Waals surface area contributed by atoms with E-state index in [4.69, 9.17) is 5.11 Å². The third-order valence-electron chi connectivity index (χ3n) is 3.89. The Kier molecular flexibility index (Phi) is 5.56. The Balaban J connectivity index is 1.75. The van der Waals surface area contributed by atoms with E-state index in [0.29, 0.717) is 31.5 Å². The minimum absolute atomic E-state index is 0.236. The van der Waals surface area contributed by atoms with Crippen molar-refractivity contribution >= 4 is 18.0 Å². The van der Waals surface area contributed by atoms with E-state index in [0.717, 1.165) is 5.56 Å². The molecule has 0 aromatic heterocycles. The van der Waals surface area contributed by atoms with Crippen molar-refractivity contribution in [3.63, 3.8) is 0 Å². The molecule has 0 aliphatic carbocycles. The highest BCUT2D eigenvalue weighted by molar-refractivity contribution is 5.89. The molecule has 124 valence electrons. The largest absolute Gasteiger partial charge is 0.481 e. The molecule has 23 heavy (non-hydrogen) atoms. The van der Waals surface area contributed by atoms with Crippen molar-refractivity contribution in [1.82, 2.24) is 10.2 Å². The number of methoxy groups -OCH3 is 1. The lowest BCUT2D eigenvalue weighted by Crippen LogP contribution is -2.39. The number of urea groups is 1. The maximum atomic E-state index is 11.9. The molecule has 0 spiro atoms. The Morgan fingerprint density at radius 3 is 2.57 bits per heavy atom. The first-order valence-corrected chi connectivity index (χ1v) is 7.44. The summed E-state index contributed by atoms with van der Waals surface area (Å²) < 4.78 is 4.63. The average Bonchev–Trinajstić information content (AvgIpc) is 3.05. The minimum atomic E-state index is -0.856. The van der Waals surface area contributed by atoms with Gasteiger partial charge in [-0.2, -0.15) is 0 Å². The number of carbonyl (C=O) groups excluding carboxylic acids is 2. The molecule has 2 amide bonds. The third kappa shape index (κ3) is 4.45. The van der Waals surface area contributed by atoms with Gasteiger partial charge < -0.3 is 20.1 Å². The van der Waals surface area contributed by atoms with Crippen molar-refractivity contribution < 1.29 is 24.2 Å². The first-order chi connectivity index (χ1) is 11.0. The number of benzene rings is 1. The molecule has 7 nitrogen and oxygen atoms in total. The number of carboxylic acid groups (broad SMARTS) is 1. The quantitative estimate of drug-likeness (QED) is 0.793. The number of carboxylic acids is 1. The van der Waals surface area contributed by atoms with Crippen molar-refractivity contribution in [1.29, 1.82) is 0 Å². The highest BCUT2D eigenvalue weighted by Gasteiger charge is 2.30. The fraction of sp³-hybridized carbons (Fsp3) is 0.438. The van der Waals surface area contributed by atoms with E-state index >= 15 is 0 Å². The molecule has 1 aliphatic heterocycles. The predicted molar refractivity (Wildman–Crippen MR) is 82.2 cm³/mol. The monoisotopic (exact) mass is 320 g/mol. The van der Waals surface area contributed by atoms with Crippen LogP contribution in [0.15, 0.2) is 24.3 Å². The number of aliphatic carboxylic acids is 1. The van der Waals surface area contributed by atoms with Crippen molar-refractivity contribution in [2.75, 3.05) is 26.7 Å². The zero-order valence-corrected chi connectivity index (χ0v) is 12.9. The SMILES string of the molecule is COC(=O)c1ccc(CCNC(=O)N2CCC(C(=O)O)C2)cc1. The zero-order chi connectivity index (χ0) is 16.8. The molecule has 0 radical (unpaired) electrons. The first kappa shape index (κ1) is 16.8. The minimum Gasteiger partial charge on any atom is -0.481 e. The lowest BCUT2D eigenvalue weighted by molar-refractivity contribution is -0.141. The maximum Gasteiger partial charge on any atom is 0.337 e. The van der Waals surface area contributed by atoms with E-state index in [-0.39, 0.29) is 18.5 Å². The van der Waals surface area contributed by atoms with E-state index in [9.17, 15) is 14.4 Å². The molecule has 2 N–H and O–H groups in total. The molecule has 1 fully saturated rings. The maximum absolute atomic E-state index is 11.9. The number of likely N-dealkylation sites (tertiary alicyclic amines) is 1. The van der Waals surface area contributed by atoms with Crippen LogP contribution in [0.4, 0.5) is 4.79 Å². The van der Waals surface area contributed by atoms with Crippen LogP contribution in [0.3, 0.4) is 0 Å². The van der Waals surface area contributed by atoms with E-state index in [1.165, 1.54) is 12.0 Å². The first-order valence-electron chi connectivity index (χ1n) is 7.44. The number of hydrogen-bond acceptors (Lipinski definition) is 4. The van der Waals surface area contributed by atoms with Crippen LogP contribution >= 0.6 is 0 Å².